The Morgan fingerprint density at radius 3 is 1.92 bits per heavy atom. The smallest absolute Gasteiger partial charge is 0.308 e. The van der Waals surface area contributed by atoms with Crippen molar-refractivity contribution in [2.24, 2.45) is 17.8 Å². The molecule has 11 heteroatoms. The maximum Gasteiger partial charge on any atom is 0.308 e. The molecule has 0 spiro atoms. The Balaban J connectivity index is 2.06. The van der Waals surface area contributed by atoms with Gasteiger partial charge in [0.25, 0.3) is 0 Å². The number of allylic oxidation sites excluding steroid dienone is 10. The predicted octanol–water partition coefficient (Wildman–Crippen LogP) is 4.08. The van der Waals surface area contributed by atoms with Crippen LogP contribution in [0.5, 0.6) is 0 Å². The van der Waals surface area contributed by atoms with Crippen LogP contribution in [0.4, 0.5) is 0 Å². The van der Waals surface area contributed by atoms with Gasteiger partial charge < -0.3 is 50.3 Å². The monoisotopic (exact) mass is 734 g/mol. The van der Waals surface area contributed by atoms with E-state index in [2.05, 4.69) is 6.08 Å². The normalized spacial score (nSPS) is 43.3. The molecular weight excluding hydrogens is 668 g/mol. The number of rotatable bonds is 0. The lowest BCUT2D eigenvalue weighted by Crippen LogP contribution is -2.52. The lowest BCUT2D eigenvalue weighted by Gasteiger charge is -2.44. The Kier molecular flexibility index (Phi) is 21.1. The molecule has 2 heterocycles. The quantitative estimate of drug-likeness (QED) is 0.167. The van der Waals surface area contributed by atoms with Gasteiger partial charge in [0.1, 0.15) is 6.10 Å². The summed E-state index contributed by atoms with van der Waals surface area (Å²) in [6, 6.07) is 0. The van der Waals surface area contributed by atoms with Crippen molar-refractivity contribution in [1.82, 2.24) is 0 Å². The second kappa shape index (κ2) is 24.1. The molecule has 1 fully saturated rings. The molecule has 2 aliphatic rings. The Bertz CT molecular complexity index is 1200. The van der Waals surface area contributed by atoms with E-state index in [1.54, 1.807) is 39.0 Å². The van der Waals surface area contributed by atoms with Crippen LogP contribution < -0.4 is 0 Å². The number of fused-ring (bicyclic) bond motifs is 2. The summed E-state index contributed by atoms with van der Waals surface area (Å²) in [5.74, 6) is -3.36. The van der Waals surface area contributed by atoms with E-state index in [1.807, 2.05) is 55.5 Å². The largest absolute Gasteiger partial charge is 0.462 e. The van der Waals surface area contributed by atoms with Crippen molar-refractivity contribution in [3.63, 3.8) is 0 Å². The molecule has 8 N–H and O–H groups in total. The van der Waals surface area contributed by atoms with Crippen LogP contribution in [0, 0.1) is 17.8 Å². The molecule has 0 unspecified atom stereocenters. The average Bonchev–Trinajstić information content (AvgIpc) is 3.05. The molecule has 296 valence electrons. The average molecular weight is 735 g/mol. The van der Waals surface area contributed by atoms with Crippen LogP contribution in [0.15, 0.2) is 72.9 Å². The number of ether oxygens (including phenoxy) is 2. The van der Waals surface area contributed by atoms with Crippen LogP contribution >= 0.6 is 0 Å². The third-order valence-corrected chi connectivity index (χ3v) is 10.0. The van der Waals surface area contributed by atoms with Crippen LogP contribution in [0.1, 0.15) is 98.3 Å². The molecule has 0 aromatic rings. The van der Waals surface area contributed by atoms with Gasteiger partial charge in [-0.2, -0.15) is 0 Å². The molecule has 0 amide bonds. The first-order valence-corrected chi connectivity index (χ1v) is 19.0. The summed E-state index contributed by atoms with van der Waals surface area (Å²) >= 11 is 0. The molecule has 0 saturated carbocycles. The zero-order valence-corrected chi connectivity index (χ0v) is 31.4. The van der Waals surface area contributed by atoms with Crippen molar-refractivity contribution in [2.75, 3.05) is 0 Å². The molecule has 0 aliphatic carbocycles. The molecule has 2 bridgehead atoms. The predicted molar refractivity (Wildman–Crippen MR) is 201 cm³/mol. The third-order valence-electron chi connectivity index (χ3n) is 10.0. The zero-order valence-electron chi connectivity index (χ0n) is 31.4. The van der Waals surface area contributed by atoms with Crippen LogP contribution in [0.2, 0.25) is 0 Å². The van der Waals surface area contributed by atoms with E-state index in [0.717, 1.165) is 12.8 Å². The number of esters is 1. The summed E-state index contributed by atoms with van der Waals surface area (Å²) < 4.78 is 11.4. The fourth-order valence-electron chi connectivity index (χ4n) is 6.55. The molecule has 11 nitrogen and oxygen atoms in total. The van der Waals surface area contributed by atoms with Gasteiger partial charge in [-0.3, -0.25) is 4.79 Å². The van der Waals surface area contributed by atoms with Crippen LogP contribution in [-0.4, -0.2) is 108 Å². The fraction of sp³-hybridized carbons (Fsp3) is 0.683. The maximum absolute atomic E-state index is 12.5. The second-order valence-corrected chi connectivity index (χ2v) is 14.8. The van der Waals surface area contributed by atoms with Gasteiger partial charge >= 0.3 is 5.97 Å². The maximum atomic E-state index is 12.5. The van der Waals surface area contributed by atoms with Gasteiger partial charge in [-0.05, 0) is 51.9 Å². The van der Waals surface area contributed by atoms with Crippen molar-refractivity contribution >= 4 is 5.97 Å². The first-order valence-electron chi connectivity index (χ1n) is 19.0. The van der Waals surface area contributed by atoms with Crippen molar-refractivity contribution in [3.05, 3.63) is 72.9 Å². The van der Waals surface area contributed by atoms with Crippen molar-refractivity contribution < 1.29 is 55.1 Å². The molecule has 52 heavy (non-hydrogen) atoms. The van der Waals surface area contributed by atoms with E-state index in [1.165, 1.54) is 0 Å². The van der Waals surface area contributed by atoms with Gasteiger partial charge in [0.15, 0.2) is 5.79 Å². The Labute approximate surface area is 310 Å². The molecule has 0 aromatic heterocycles. The minimum Gasteiger partial charge on any atom is -0.462 e. The van der Waals surface area contributed by atoms with Crippen LogP contribution in [-0.2, 0) is 14.3 Å². The minimum atomic E-state index is -1.79. The lowest BCUT2D eigenvalue weighted by molar-refractivity contribution is -0.299. The van der Waals surface area contributed by atoms with E-state index >= 15 is 0 Å². The van der Waals surface area contributed by atoms with Gasteiger partial charge in [0, 0.05) is 37.0 Å². The number of cyclic esters (lactones) is 1. The van der Waals surface area contributed by atoms with Gasteiger partial charge in [-0.25, -0.2) is 0 Å². The van der Waals surface area contributed by atoms with Crippen molar-refractivity contribution in [2.45, 2.75) is 159 Å². The van der Waals surface area contributed by atoms with Crippen LogP contribution in [0.3, 0.4) is 0 Å². The van der Waals surface area contributed by atoms with E-state index in [9.17, 15) is 45.6 Å². The van der Waals surface area contributed by atoms with Gasteiger partial charge in [0.05, 0.1) is 55.3 Å². The van der Waals surface area contributed by atoms with E-state index in [0.29, 0.717) is 6.42 Å². The zero-order chi connectivity index (χ0) is 38.7. The number of hydrogen-bond acceptors (Lipinski definition) is 11. The number of carbonyl (C=O) groups excluding carboxylic acids is 1. The second-order valence-electron chi connectivity index (χ2n) is 14.8. The summed E-state index contributed by atoms with van der Waals surface area (Å²) in [4.78, 5) is 12.5. The van der Waals surface area contributed by atoms with Gasteiger partial charge in [0.2, 0.25) is 0 Å². The molecule has 1 saturated heterocycles. The number of carbonyl (C=O) groups is 1. The van der Waals surface area contributed by atoms with E-state index < -0.39 is 66.7 Å². The van der Waals surface area contributed by atoms with Gasteiger partial charge in [-0.15, -0.1) is 0 Å². The first-order chi connectivity index (χ1) is 24.6. The Morgan fingerprint density at radius 1 is 0.654 bits per heavy atom. The highest BCUT2D eigenvalue weighted by atomic mass is 16.6. The fourth-order valence-corrected chi connectivity index (χ4v) is 6.55. The summed E-state index contributed by atoms with van der Waals surface area (Å²) in [6.07, 6.45) is 16.4. The highest BCUT2D eigenvalue weighted by Gasteiger charge is 2.45. The third kappa shape index (κ3) is 18.1. The molecule has 2 aliphatic heterocycles. The van der Waals surface area contributed by atoms with Crippen molar-refractivity contribution in [3.8, 4) is 0 Å². The Hall–Kier alpha value is -2.45. The Morgan fingerprint density at radius 2 is 1.23 bits per heavy atom. The van der Waals surface area contributed by atoms with Gasteiger partial charge in [-0.1, -0.05) is 93.7 Å². The summed E-state index contributed by atoms with van der Waals surface area (Å²) in [6.45, 7) is 7.17. The van der Waals surface area contributed by atoms with E-state index in [4.69, 9.17) is 9.47 Å². The number of aliphatic hydroxyl groups is 8. The summed E-state index contributed by atoms with van der Waals surface area (Å²) in [5.41, 5.74) is 0. The summed E-state index contributed by atoms with van der Waals surface area (Å²) in [5, 5.41) is 85.2. The number of aliphatic hydroxyl groups excluding tert-OH is 7. The standard InChI is InChI=1S/C41H66O11/c1-28-18-15-13-11-9-7-5-6-8-10-12-14-16-19-33(43)24-38-30(3)37(47)27-41(50,52-38)26-34(44)21-17-20-32(42)22-35(45)23-36(46)25-39(48)51-31(4)29(2)40(28)49/h5-6,8,10-16,18-19,28-38,40,42-47,49-50H,7,9,17,20-27H2,1-4H3/b6-5+,10-8+,13-11+,14-12+,18-15+,19-16+/t28-,29-,30+,31-,32+,33-,34-,35+,36+,37-,38-,40+,41+/m0/s1. The molecular formula is C41H66O11. The number of hydrogen-bond donors (Lipinski definition) is 8. The lowest BCUT2D eigenvalue weighted by atomic mass is 9.84. The SMILES string of the molecule is C[C@@H]1[C@H](O)[C@@H](C)/C=C/C=C/CC/C=C/C=C/C=C/C=C/[C@H](O)C[C@@H]2O[C@](O)(C[C@@H](O)CCC[C@@H](O)C[C@@H](O)C[C@@H](O)CC(=O)O[C@H]1C)C[C@H](O)[C@H]2C. The molecule has 13 atom stereocenters. The molecule has 2 rings (SSSR count). The topological polar surface area (TPSA) is 197 Å². The molecule has 0 radical (unpaired) electrons. The summed E-state index contributed by atoms with van der Waals surface area (Å²) in [7, 11) is 0. The first kappa shape index (κ1) is 45.7. The van der Waals surface area contributed by atoms with Crippen LogP contribution in [0.25, 0.3) is 0 Å². The van der Waals surface area contributed by atoms with Crippen molar-refractivity contribution in [1.29, 1.82) is 0 Å². The highest BCUT2D eigenvalue weighted by molar-refractivity contribution is 5.70. The highest BCUT2D eigenvalue weighted by Crippen LogP contribution is 2.36. The molecule has 0 aromatic carbocycles. The minimum absolute atomic E-state index is 0.0401. The van der Waals surface area contributed by atoms with E-state index in [-0.39, 0.29) is 69.1 Å².